The Bertz CT molecular complexity index is 1180. The van der Waals surface area contributed by atoms with Crippen molar-refractivity contribution < 1.29 is 14.6 Å². The van der Waals surface area contributed by atoms with E-state index in [9.17, 15) is 9.90 Å². The van der Waals surface area contributed by atoms with Crippen LogP contribution in [-0.4, -0.2) is 40.8 Å². The largest absolute Gasteiger partial charge is 0.506 e. The highest BCUT2D eigenvalue weighted by Gasteiger charge is 2.42. The van der Waals surface area contributed by atoms with Crippen LogP contribution in [-0.2, 0) is 15.8 Å². The Morgan fingerprint density at radius 3 is 1.86 bits per heavy atom. The average molecular weight is 493 g/mol. The summed E-state index contributed by atoms with van der Waals surface area (Å²) in [6.45, 7) is 2.35. The van der Waals surface area contributed by atoms with Crippen LogP contribution < -0.4 is 0 Å². The quantitative estimate of drug-likeness (QED) is 0.285. The van der Waals surface area contributed by atoms with E-state index in [-0.39, 0.29) is 0 Å². The predicted molar refractivity (Wildman–Crippen MR) is 145 cm³/mol. The third kappa shape index (κ3) is 5.13. The zero-order valence-electron chi connectivity index (χ0n) is 20.9. The standard InChI is InChI=1S/C32H32N2O3/c35-30(36)37-31(26-12-4-1-5-13-26)19-23-34(24-20-31)25-21-32(27-14-6-2-7-15-27,28-16-8-3-9-17-28)29-18-10-11-22-33-29/h1-18,22H,19-21,23-25H2,(H,35,36). The number of ether oxygens (including phenoxy) is 1. The van der Waals surface area contributed by atoms with Gasteiger partial charge in [-0.25, -0.2) is 4.79 Å². The minimum atomic E-state index is -1.22. The lowest BCUT2D eigenvalue weighted by Gasteiger charge is -2.42. The van der Waals surface area contributed by atoms with Crippen molar-refractivity contribution in [1.82, 2.24) is 9.88 Å². The molecule has 1 N–H and O–H groups in total. The summed E-state index contributed by atoms with van der Waals surface area (Å²) >= 11 is 0. The number of benzene rings is 3. The summed E-state index contributed by atoms with van der Waals surface area (Å²) in [5.74, 6) is 0. The Morgan fingerprint density at radius 2 is 1.35 bits per heavy atom. The van der Waals surface area contributed by atoms with Crippen LogP contribution in [0.3, 0.4) is 0 Å². The van der Waals surface area contributed by atoms with Gasteiger partial charge in [0.15, 0.2) is 0 Å². The molecule has 0 aliphatic carbocycles. The van der Waals surface area contributed by atoms with Crippen LogP contribution in [0.5, 0.6) is 0 Å². The fourth-order valence-corrected chi connectivity index (χ4v) is 5.76. The first-order chi connectivity index (χ1) is 18.1. The third-order valence-electron chi connectivity index (χ3n) is 7.68. The van der Waals surface area contributed by atoms with Gasteiger partial charge in [-0.05, 0) is 41.8 Å². The van der Waals surface area contributed by atoms with Crippen LogP contribution in [0.4, 0.5) is 4.79 Å². The molecule has 0 amide bonds. The molecule has 5 nitrogen and oxygen atoms in total. The smallest absolute Gasteiger partial charge is 0.450 e. The monoisotopic (exact) mass is 492 g/mol. The molecule has 5 rings (SSSR count). The van der Waals surface area contributed by atoms with Crippen molar-refractivity contribution in [3.63, 3.8) is 0 Å². The second-order valence-corrected chi connectivity index (χ2v) is 9.67. The topological polar surface area (TPSA) is 62.7 Å². The van der Waals surface area contributed by atoms with Crippen molar-refractivity contribution in [2.24, 2.45) is 0 Å². The predicted octanol–water partition coefficient (Wildman–Crippen LogP) is 6.49. The van der Waals surface area contributed by atoms with Gasteiger partial charge in [0.25, 0.3) is 0 Å². The maximum absolute atomic E-state index is 11.6. The van der Waals surface area contributed by atoms with Gasteiger partial charge < -0.3 is 14.7 Å². The molecule has 1 aliphatic heterocycles. The minimum Gasteiger partial charge on any atom is -0.450 e. The Labute approximate surface area is 218 Å². The maximum Gasteiger partial charge on any atom is 0.506 e. The van der Waals surface area contributed by atoms with Crippen LogP contribution in [0, 0.1) is 0 Å². The summed E-state index contributed by atoms with van der Waals surface area (Å²) in [6, 6.07) is 37.1. The molecule has 0 unspecified atom stereocenters. The van der Waals surface area contributed by atoms with Crippen LogP contribution in [0.25, 0.3) is 0 Å². The molecule has 0 radical (unpaired) electrons. The summed E-state index contributed by atoms with van der Waals surface area (Å²) < 4.78 is 5.55. The molecule has 3 aromatic carbocycles. The highest BCUT2D eigenvalue weighted by molar-refractivity contribution is 5.58. The number of hydrogen-bond acceptors (Lipinski definition) is 4. The molecule has 1 aromatic heterocycles. The van der Waals surface area contributed by atoms with Gasteiger partial charge in [0.05, 0.1) is 11.1 Å². The number of carboxylic acid groups (broad SMARTS) is 1. The molecule has 1 saturated heterocycles. The zero-order valence-corrected chi connectivity index (χ0v) is 20.9. The Hall–Kier alpha value is -3.96. The molecule has 1 fully saturated rings. The van der Waals surface area contributed by atoms with Gasteiger partial charge in [-0.1, -0.05) is 97.1 Å². The van der Waals surface area contributed by atoms with E-state index in [0.717, 1.165) is 37.3 Å². The average Bonchev–Trinajstić information content (AvgIpc) is 2.96. The van der Waals surface area contributed by atoms with Crippen molar-refractivity contribution in [3.8, 4) is 0 Å². The van der Waals surface area contributed by atoms with Gasteiger partial charge in [-0.2, -0.15) is 0 Å². The van der Waals surface area contributed by atoms with Gasteiger partial charge >= 0.3 is 6.16 Å². The molecular weight excluding hydrogens is 460 g/mol. The van der Waals surface area contributed by atoms with E-state index < -0.39 is 17.2 Å². The lowest BCUT2D eigenvalue weighted by molar-refractivity contribution is -0.0613. The van der Waals surface area contributed by atoms with Crippen LogP contribution >= 0.6 is 0 Å². The first kappa shape index (κ1) is 24.7. The van der Waals surface area contributed by atoms with Gasteiger partial charge in [0.2, 0.25) is 0 Å². The number of likely N-dealkylation sites (tertiary alicyclic amines) is 1. The van der Waals surface area contributed by atoms with Gasteiger partial charge in [-0.15, -0.1) is 0 Å². The molecule has 5 heteroatoms. The lowest BCUT2D eigenvalue weighted by atomic mass is 9.69. The summed E-state index contributed by atoms with van der Waals surface area (Å²) in [7, 11) is 0. The van der Waals surface area contributed by atoms with Crippen LogP contribution in [0.1, 0.15) is 41.6 Å². The molecule has 2 heterocycles. The number of pyridine rings is 1. The number of aromatic nitrogens is 1. The van der Waals surface area contributed by atoms with Gasteiger partial charge in [-0.3, -0.25) is 4.98 Å². The summed E-state index contributed by atoms with van der Waals surface area (Å²) in [5, 5.41) is 9.50. The van der Waals surface area contributed by atoms with Crippen LogP contribution in [0.15, 0.2) is 115 Å². The fraction of sp³-hybridized carbons (Fsp3) is 0.250. The molecule has 37 heavy (non-hydrogen) atoms. The van der Waals surface area contributed by atoms with Crippen molar-refractivity contribution in [3.05, 3.63) is 138 Å². The molecular formula is C32H32N2O3. The first-order valence-corrected chi connectivity index (χ1v) is 12.8. The van der Waals surface area contributed by atoms with E-state index >= 15 is 0 Å². The molecule has 4 aromatic rings. The first-order valence-electron chi connectivity index (χ1n) is 12.8. The van der Waals surface area contributed by atoms with E-state index in [4.69, 9.17) is 9.72 Å². The zero-order chi connectivity index (χ0) is 25.6. The SMILES string of the molecule is O=C(O)OC1(c2ccccc2)CCN(CCC(c2ccccc2)(c2ccccc2)c2ccccn2)CC1. The van der Waals surface area contributed by atoms with E-state index in [1.54, 1.807) is 0 Å². The minimum absolute atomic E-state index is 0.407. The molecule has 188 valence electrons. The molecule has 0 bridgehead atoms. The number of piperidine rings is 1. The van der Waals surface area contributed by atoms with Crippen molar-refractivity contribution in [2.45, 2.75) is 30.3 Å². The van der Waals surface area contributed by atoms with E-state index in [1.807, 2.05) is 54.7 Å². The maximum atomic E-state index is 11.6. The van der Waals surface area contributed by atoms with E-state index in [2.05, 4.69) is 65.6 Å². The fourth-order valence-electron chi connectivity index (χ4n) is 5.76. The molecule has 1 aliphatic rings. The second kappa shape index (κ2) is 11.0. The molecule has 0 atom stereocenters. The van der Waals surface area contributed by atoms with Crippen LogP contribution in [0.2, 0.25) is 0 Å². The highest BCUT2D eigenvalue weighted by Crippen LogP contribution is 2.42. The van der Waals surface area contributed by atoms with E-state index in [0.29, 0.717) is 12.8 Å². The molecule has 0 saturated carbocycles. The number of carbonyl (C=O) groups is 1. The van der Waals surface area contributed by atoms with Gasteiger partial charge in [0, 0.05) is 32.1 Å². The summed E-state index contributed by atoms with van der Waals surface area (Å²) in [4.78, 5) is 18.9. The Morgan fingerprint density at radius 1 is 0.811 bits per heavy atom. The number of hydrogen-bond donors (Lipinski definition) is 1. The molecule has 0 spiro atoms. The van der Waals surface area contributed by atoms with E-state index in [1.165, 1.54) is 11.1 Å². The Kier molecular flexibility index (Phi) is 7.33. The van der Waals surface area contributed by atoms with Crippen molar-refractivity contribution in [1.29, 1.82) is 0 Å². The number of nitrogens with zero attached hydrogens (tertiary/aromatic N) is 2. The highest BCUT2D eigenvalue weighted by atomic mass is 16.7. The lowest BCUT2D eigenvalue weighted by Crippen LogP contribution is -2.46. The number of rotatable bonds is 8. The summed E-state index contributed by atoms with van der Waals surface area (Å²) in [6.07, 6.45) is 2.73. The Balaban J connectivity index is 1.44. The third-order valence-corrected chi connectivity index (χ3v) is 7.68. The van der Waals surface area contributed by atoms with Gasteiger partial charge in [0.1, 0.15) is 5.60 Å². The second-order valence-electron chi connectivity index (χ2n) is 9.67. The summed E-state index contributed by atoms with van der Waals surface area (Å²) in [5.41, 5.74) is 3.16. The van der Waals surface area contributed by atoms with Crippen molar-refractivity contribution in [2.75, 3.05) is 19.6 Å². The van der Waals surface area contributed by atoms with Crippen molar-refractivity contribution >= 4 is 6.16 Å². The normalized spacial score (nSPS) is 15.7.